The number of rotatable bonds is 4. The molecule has 0 bridgehead atoms. The maximum absolute atomic E-state index is 12.0. The fourth-order valence-corrected chi connectivity index (χ4v) is 1.59. The van der Waals surface area contributed by atoms with Gasteiger partial charge in [0.15, 0.2) is 5.82 Å². The van der Waals surface area contributed by atoms with E-state index in [1.165, 1.54) is 6.39 Å². The second-order valence-electron chi connectivity index (χ2n) is 3.83. The minimum atomic E-state index is -0.177. The van der Waals surface area contributed by atoms with Crippen LogP contribution in [0.4, 0.5) is 5.69 Å². The second-order valence-corrected chi connectivity index (χ2v) is 3.83. The number of hydrogen-bond acceptors (Lipinski definition) is 5. The first kappa shape index (κ1) is 12.1. The molecule has 0 atom stereocenters. The second kappa shape index (κ2) is 5.31. The molecule has 0 radical (unpaired) electrons. The number of benzene rings is 1. The molecule has 0 aliphatic heterocycles. The molecule has 0 saturated heterocycles. The quantitative estimate of drug-likeness (QED) is 0.851. The Hall–Kier alpha value is -2.37. The predicted octanol–water partition coefficient (Wildman–Crippen LogP) is 1.35. The summed E-state index contributed by atoms with van der Waals surface area (Å²) in [5.41, 5.74) is 2.47. The highest BCUT2D eigenvalue weighted by atomic mass is 16.5. The molecule has 1 aromatic carbocycles. The summed E-state index contributed by atoms with van der Waals surface area (Å²) in [6, 6.07) is 5.60. The van der Waals surface area contributed by atoms with Crippen molar-refractivity contribution in [2.24, 2.45) is 0 Å². The molecule has 94 valence electrons. The van der Waals surface area contributed by atoms with Gasteiger partial charge >= 0.3 is 0 Å². The number of carbonyl (C=O) groups excluding carboxylic acids is 1. The van der Waals surface area contributed by atoms with E-state index >= 15 is 0 Å². The third-order valence-electron chi connectivity index (χ3n) is 2.50. The molecule has 0 saturated carbocycles. The first-order chi connectivity index (χ1) is 8.70. The first-order valence-corrected chi connectivity index (χ1v) is 5.52. The Kier molecular flexibility index (Phi) is 3.57. The van der Waals surface area contributed by atoms with Crippen LogP contribution in [0.5, 0.6) is 0 Å². The molecule has 0 unspecified atom stereocenters. The first-order valence-electron chi connectivity index (χ1n) is 5.52. The zero-order valence-corrected chi connectivity index (χ0v) is 10.2. The summed E-state index contributed by atoms with van der Waals surface area (Å²) < 4.78 is 4.59. The zero-order valence-electron chi connectivity index (χ0n) is 10.2. The highest BCUT2D eigenvalue weighted by Gasteiger charge is 2.11. The summed E-state index contributed by atoms with van der Waals surface area (Å²) in [4.78, 5) is 15.8. The molecule has 6 heteroatoms. The van der Waals surface area contributed by atoms with Crippen LogP contribution in [-0.2, 0) is 6.54 Å². The van der Waals surface area contributed by atoms with Gasteiger partial charge in [0.25, 0.3) is 5.91 Å². The standard InChI is InChI=1S/C12H14N4O2/c1-8-3-4-9(10(5-8)13-2)12(17)14-6-11-15-7-18-16-11/h3-5,7,13H,6H2,1-2H3,(H,14,17). The summed E-state index contributed by atoms with van der Waals surface area (Å²) in [5.74, 6) is 0.269. The number of nitrogens with one attached hydrogen (secondary N) is 2. The normalized spacial score (nSPS) is 10.1. The molecule has 0 fully saturated rings. The zero-order chi connectivity index (χ0) is 13.0. The van der Waals surface area contributed by atoms with Crippen LogP contribution in [0.1, 0.15) is 21.7 Å². The van der Waals surface area contributed by atoms with E-state index in [1.807, 2.05) is 19.1 Å². The molecule has 6 nitrogen and oxygen atoms in total. The lowest BCUT2D eigenvalue weighted by Gasteiger charge is -2.09. The van der Waals surface area contributed by atoms with Gasteiger partial charge in [0.2, 0.25) is 6.39 Å². The SMILES string of the molecule is CNc1cc(C)ccc1C(=O)NCc1ncon1. The van der Waals surface area contributed by atoms with Crippen molar-refractivity contribution >= 4 is 11.6 Å². The number of aromatic nitrogens is 2. The molecule has 1 heterocycles. The molecule has 0 aliphatic rings. The Morgan fingerprint density at radius 2 is 2.28 bits per heavy atom. The van der Waals surface area contributed by atoms with E-state index in [-0.39, 0.29) is 12.5 Å². The molecule has 0 spiro atoms. The van der Waals surface area contributed by atoms with Crippen LogP contribution < -0.4 is 10.6 Å². The third-order valence-corrected chi connectivity index (χ3v) is 2.50. The van der Waals surface area contributed by atoms with Gasteiger partial charge in [-0.1, -0.05) is 11.2 Å². The average molecular weight is 246 g/mol. The van der Waals surface area contributed by atoms with Gasteiger partial charge in [-0.15, -0.1) is 0 Å². The summed E-state index contributed by atoms with van der Waals surface area (Å²) in [6.07, 6.45) is 1.23. The highest BCUT2D eigenvalue weighted by Crippen LogP contribution is 2.16. The van der Waals surface area contributed by atoms with Crippen LogP contribution >= 0.6 is 0 Å². The van der Waals surface area contributed by atoms with Crippen molar-refractivity contribution in [3.63, 3.8) is 0 Å². The van der Waals surface area contributed by atoms with Gasteiger partial charge in [0, 0.05) is 12.7 Å². The van der Waals surface area contributed by atoms with Gasteiger partial charge < -0.3 is 15.2 Å². The van der Waals surface area contributed by atoms with Gasteiger partial charge in [0.1, 0.15) is 0 Å². The van der Waals surface area contributed by atoms with Crippen LogP contribution in [0.3, 0.4) is 0 Å². The van der Waals surface area contributed by atoms with Crippen molar-refractivity contribution in [3.8, 4) is 0 Å². The summed E-state index contributed by atoms with van der Waals surface area (Å²) in [7, 11) is 1.78. The fourth-order valence-electron chi connectivity index (χ4n) is 1.59. The van der Waals surface area contributed by atoms with Gasteiger partial charge in [-0.2, -0.15) is 4.98 Å². The smallest absolute Gasteiger partial charge is 0.253 e. The number of aryl methyl sites for hydroxylation is 1. The van der Waals surface area contributed by atoms with E-state index in [2.05, 4.69) is 25.3 Å². The Bertz CT molecular complexity index is 537. The van der Waals surface area contributed by atoms with E-state index in [0.29, 0.717) is 11.4 Å². The molecule has 18 heavy (non-hydrogen) atoms. The van der Waals surface area contributed by atoms with Crippen molar-refractivity contribution in [2.75, 3.05) is 12.4 Å². The van der Waals surface area contributed by atoms with Crippen LogP contribution in [0.25, 0.3) is 0 Å². The molecule has 1 amide bonds. The van der Waals surface area contributed by atoms with Crippen LogP contribution in [0.15, 0.2) is 29.1 Å². The number of carbonyl (C=O) groups is 1. The third kappa shape index (κ3) is 2.65. The van der Waals surface area contributed by atoms with Crippen molar-refractivity contribution in [2.45, 2.75) is 13.5 Å². The Morgan fingerprint density at radius 1 is 1.44 bits per heavy atom. The predicted molar refractivity (Wildman–Crippen MR) is 66.2 cm³/mol. The number of nitrogens with zero attached hydrogens (tertiary/aromatic N) is 2. The Labute approximate surface area is 104 Å². The van der Waals surface area contributed by atoms with Gasteiger partial charge in [0.05, 0.1) is 12.1 Å². The van der Waals surface area contributed by atoms with Gasteiger partial charge in [-0.05, 0) is 24.6 Å². The minimum absolute atomic E-state index is 0.177. The molecule has 0 aliphatic carbocycles. The lowest BCUT2D eigenvalue weighted by Crippen LogP contribution is -2.24. The summed E-state index contributed by atoms with van der Waals surface area (Å²) >= 11 is 0. The van der Waals surface area contributed by atoms with Crippen LogP contribution in [-0.4, -0.2) is 23.1 Å². The average Bonchev–Trinajstić information content (AvgIpc) is 2.88. The maximum atomic E-state index is 12.0. The van der Waals surface area contributed by atoms with E-state index < -0.39 is 0 Å². The number of hydrogen-bond donors (Lipinski definition) is 2. The molecular formula is C12H14N4O2. The highest BCUT2D eigenvalue weighted by molar-refractivity contribution is 5.99. The molecule has 2 N–H and O–H groups in total. The minimum Gasteiger partial charge on any atom is -0.387 e. The monoisotopic (exact) mass is 246 g/mol. The molecule has 1 aromatic heterocycles. The van der Waals surface area contributed by atoms with Gasteiger partial charge in [-0.25, -0.2) is 0 Å². The van der Waals surface area contributed by atoms with E-state index in [4.69, 9.17) is 0 Å². The lowest BCUT2D eigenvalue weighted by molar-refractivity contribution is 0.0950. The summed E-state index contributed by atoms with van der Waals surface area (Å²) in [5, 5.41) is 9.35. The Balaban J connectivity index is 2.09. The lowest BCUT2D eigenvalue weighted by atomic mass is 10.1. The summed E-state index contributed by atoms with van der Waals surface area (Å²) in [6.45, 7) is 2.22. The van der Waals surface area contributed by atoms with E-state index in [9.17, 15) is 4.79 Å². The maximum Gasteiger partial charge on any atom is 0.253 e. The molecule has 2 rings (SSSR count). The largest absolute Gasteiger partial charge is 0.387 e. The number of amides is 1. The molecule has 2 aromatic rings. The van der Waals surface area contributed by atoms with Crippen LogP contribution in [0.2, 0.25) is 0 Å². The van der Waals surface area contributed by atoms with E-state index in [0.717, 1.165) is 11.3 Å². The molecular weight excluding hydrogens is 232 g/mol. The van der Waals surface area contributed by atoms with Crippen molar-refractivity contribution in [1.82, 2.24) is 15.5 Å². The van der Waals surface area contributed by atoms with Crippen molar-refractivity contribution in [1.29, 1.82) is 0 Å². The van der Waals surface area contributed by atoms with Gasteiger partial charge in [-0.3, -0.25) is 4.79 Å². The Morgan fingerprint density at radius 3 is 2.94 bits per heavy atom. The van der Waals surface area contributed by atoms with Crippen molar-refractivity contribution < 1.29 is 9.32 Å². The van der Waals surface area contributed by atoms with E-state index in [1.54, 1.807) is 13.1 Å². The van der Waals surface area contributed by atoms with Crippen molar-refractivity contribution in [3.05, 3.63) is 41.5 Å². The fraction of sp³-hybridized carbons (Fsp3) is 0.250. The van der Waals surface area contributed by atoms with Crippen LogP contribution in [0, 0.1) is 6.92 Å². The number of anilines is 1. The topological polar surface area (TPSA) is 80.0 Å².